The van der Waals surface area contributed by atoms with Crippen molar-refractivity contribution >= 4 is 11.9 Å². The SMILES string of the molecule is CC(C)(C)CCNC(=O)c1cccc(-c2nc(N3CCOCC3)nc3c2CCC3)c1. The van der Waals surface area contributed by atoms with Crippen LogP contribution in [0.25, 0.3) is 11.3 Å². The van der Waals surface area contributed by atoms with E-state index in [1.165, 1.54) is 5.56 Å². The highest BCUT2D eigenvalue weighted by molar-refractivity contribution is 5.95. The third-order valence-electron chi connectivity index (χ3n) is 5.77. The fourth-order valence-corrected chi connectivity index (χ4v) is 4.02. The van der Waals surface area contributed by atoms with Crippen LogP contribution in [0.1, 0.15) is 55.2 Å². The Kier molecular flexibility index (Phi) is 6.04. The summed E-state index contributed by atoms with van der Waals surface area (Å²) in [7, 11) is 0. The monoisotopic (exact) mass is 408 g/mol. The number of carbonyl (C=O) groups is 1. The molecule has 1 aromatic heterocycles. The number of benzene rings is 1. The van der Waals surface area contributed by atoms with Crippen molar-refractivity contribution in [1.29, 1.82) is 0 Å². The maximum Gasteiger partial charge on any atom is 0.251 e. The molecule has 1 fully saturated rings. The number of morpholine rings is 1. The van der Waals surface area contributed by atoms with E-state index >= 15 is 0 Å². The standard InChI is InChI=1S/C24H32N4O2/c1-24(2,3)10-11-25-22(29)18-7-4-6-17(16-18)21-19-8-5-9-20(19)26-23(27-21)28-12-14-30-15-13-28/h4,6-7,16H,5,8-15H2,1-3H3,(H,25,29). The van der Waals surface area contributed by atoms with E-state index < -0.39 is 0 Å². The van der Waals surface area contributed by atoms with Crippen molar-refractivity contribution in [3.05, 3.63) is 41.1 Å². The molecule has 0 radical (unpaired) electrons. The molecule has 4 rings (SSSR count). The molecule has 30 heavy (non-hydrogen) atoms. The van der Waals surface area contributed by atoms with Crippen molar-refractivity contribution in [3.8, 4) is 11.3 Å². The second kappa shape index (κ2) is 8.72. The highest BCUT2D eigenvalue weighted by Crippen LogP contribution is 2.32. The van der Waals surface area contributed by atoms with Crippen LogP contribution in [0, 0.1) is 5.41 Å². The normalized spacial score (nSPS) is 16.4. The van der Waals surface area contributed by atoms with E-state index in [-0.39, 0.29) is 11.3 Å². The van der Waals surface area contributed by atoms with E-state index in [1.54, 1.807) is 0 Å². The van der Waals surface area contributed by atoms with Crippen LogP contribution in [0.4, 0.5) is 5.95 Å². The van der Waals surface area contributed by atoms with E-state index in [0.717, 1.165) is 61.7 Å². The molecule has 6 heteroatoms. The summed E-state index contributed by atoms with van der Waals surface area (Å²) in [6.07, 6.45) is 4.04. The summed E-state index contributed by atoms with van der Waals surface area (Å²) >= 11 is 0. The number of nitrogens with zero attached hydrogens (tertiary/aromatic N) is 3. The Balaban J connectivity index is 1.60. The fourth-order valence-electron chi connectivity index (χ4n) is 4.02. The van der Waals surface area contributed by atoms with Gasteiger partial charge in [-0.2, -0.15) is 0 Å². The number of anilines is 1. The number of hydrogen-bond donors (Lipinski definition) is 1. The minimum absolute atomic E-state index is 0.0276. The molecule has 2 heterocycles. The van der Waals surface area contributed by atoms with Gasteiger partial charge in [0.2, 0.25) is 5.95 Å². The lowest BCUT2D eigenvalue weighted by Gasteiger charge is -2.27. The summed E-state index contributed by atoms with van der Waals surface area (Å²) in [5, 5.41) is 3.06. The van der Waals surface area contributed by atoms with Gasteiger partial charge < -0.3 is 15.0 Å². The van der Waals surface area contributed by atoms with Crippen molar-refractivity contribution in [2.24, 2.45) is 5.41 Å². The maximum atomic E-state index is 12.7. The molecule has 1 amide bonds. The highest BCUT2D eigenvalue weighted by Gasteiger charge is 2.24. The van der Waals surface area contributed by atoms with Crippen molar-refractivity contribution in [1.82, 2.24) is 15.3 Å². The van der Waals surface area contributed by atoms with Gasteiger partial charge in [-0.05, 0) is 43.2 Å². The van der Waals surface area contributed by atoms with Gasteiger partial charge in [0, 0.05) is 42.0 Å². The maximum absolute atomic E-state index is 12.7. The first-order chi connectivity index (χ1) is 14.4. The number of hydrogen-bond acceptors (Lipinski definition) is 5. The largest absolute Gasteiger partial charge is 0.378 e. The molecule has 6 nitrogen and oxygen atoms in total. The van der Waals surface area contributed by atoms with E-state index in [0.29, 0.717) is 25.3 Å². The molecule has 0 saturated carbocycles. The van der Waals surface area contributed by atoms with Crippen molar-refractivity contribution < 1.29 is 9.53 Å². The van der Waals surface area contributed by atoms with Crippen LogP contribution in [0.2, 0.25) is 0 Å². The summed E-state index contributed by atoms with van der Waals surface area (Å²) in [5.41, 5.74) is 5.24. The molecule has 2 aliphatic rings. The molecule has 0 atom stereocenters. The van der Waals surface area contributed by atoms with Gasteiger partial charge in [-0.3, -0.25) is 4.79 Å². The molecule has 2 aromatic rings. The van der Waals surface area contributed by atoms with E-state index in [2.05, 4.69) is 37.1 Å². The Hall–Kier alpha value is -2.47. The van der Waals surface area contributed by atoms with Gasteiger partial charge in [0.1, 0.15) is 0 Å². The molecule has 1 aromatic carbocycles. The quantitative estimate of drug-likeness (QED) is 0.818. The number of carbonyl (C=O) groups excluding carboxylic acids is 1. The third-order valence-corrected chi connectivity index (χ3v) is 5.77. The van der Waals surface area contributed by atoms with Gasteiger partial charge in [0.25, 0.3) is 5.91 Å². The first-order valence-electron chi connectivity index (χ1n) is 11.0. The highest BCUT2D eigenvalue weighted by atomic mass is 16.5. The van der Waals surface area contributed by atoms with Crippen LogP contribution < -0.4 is 10.2 Å². The molecular weight excluding hydrogens is 376 g/mol. The fraction of sp³-hybridized carbons (Fsp3) is 0.542. The lowest BCUT2D eigenvalue weighted by molar-refractivity contribution is 0.0949. The van der Waals surface area contributed by atoms with Gasteiger partial charge in [-0.15, -0.1) is 0 Å². The zero-order chi connectivity index (χ0) is 21.1. The molecule has 1 saturated heterocycles. The number of fused-ring (bicyclic) bond motifs is 1. The van der Waals surface area contributed by atoms with E-state index in [9.17, 15) is 4.79 Å². The predicted molar refractivity (Wildman–Crippen MR) is 119 cm³/mol. The van der Waals surface area contributed by atoms with Crippen molar-refractivity contribution in [3.63, 3.8) is 0 Å². The minimum Gasteiger partial charge on any atom is -0.378 e. The van der Waals surface area contributed by atoms with Crippen LogP contribution in [-0.2, 0) is 17.6 Å². The smallest absolute Gasteiger partial charge is 0.251 e. The van der Waals surface area contributed by atoms with Gasteiger partial charge >= 0.3 is 0 Å². The summed E-state index contributed by atoms with van der Waals surface area (Å²) in [4.78, 5) is 24.7. The second-order valence-electron chi connectivity index (χ2n) is 9.40. The van der Waals surface area contributed by atoms with Crippen molar-refractivity contribution in [2.45, 2.75) is 46.5 Å². The van der Waals surface area contributed by atoms with Crippen LogP contribution in [0.3, 0.4) is 0 Å². The zero-order valence-electron chi connectivity index (χ0n) is 18.3. The van der Waals surface area contributed by atoms with Crippen LogP contribution in [0.5, 0.6) is 0 Å². The lowest BCUT2D eigenvalue weighted by atomic mass is 9.92. The molecule has 0 unspecified atom stereocenters. The summed E-state index contributed by atoms with van der Waals surface area (Å²) in [6, 6.07) is 7.85. The number of nitrogens with one attached hydrogen (secondary N) is 1. The average Bonchev–Trinajstić information content (AvgIpc) is 3.21. The predicted octanol–water partition coefficient (Wildman–Crippen LogP) is 3.63. The Morgan fingerprint density at radius 2 is 1.97 bits per heavy atom. The molecular formula is C24H32N4O2. The number of aromatic nitrogens is 2. The van der Waals surface area contributed by atoms with E-state index in [1.807, 2.05) is 18.2 Å². The van der Waals surface area contributed by atoms with Crippen LogP contribution in [0.15, 0.2) is 24.3 Å². The molecule has 160 valence electrons. The van der Waals surface area contributed by atoms with Gasteiger partial charge in [-0.1, -0.05) is 32.9 Å². The van der Waals surface area contributed by atoms with Crippen LogP contribution >= 0.6 is 0 Å². The first-order valence-corrected chi connectivity index (χ1v) is 11.0. The zero-order valence-corrected chi connectivity index (χ0v) is 18.3. The number of rotatable bonds is 5. The second-order valence-corrected chi connectivity index (χ2v) is 9.40. The van der Waals surface area contributed by atoms with Gasteiger partial charge in [0.15, 0.2) is 0 Å². The van der Waals surface area contributed by atoms with Gasteiger partial charge in [0.05, 0.1) is 18.9 Å². The van der Waals surface area contributed by atoms with Gasteiger partial charge in [-0.25, -0.2) is 9.97 Å². The molecule has 1 aliphatic carbocycles. The summed E-state index contributed by atoms with van der Waals surface area (Å²) in [5.74, 6) is 0.759. The van der Waals surface area contributed by atoms with E-state index in [4.69, 9.17) is 14.7 Å². The summed E-state index contributed by atoms with van der Waals surface area (Å²) < 4.78 is 5.48. The van der Waals surface area contributed by atoms with Crippen LogP contribution in [-0.4, -0.2) is 48.7 Å². The first kappa shape index (κ1) is 20.8. The third kappa shape index (κ3) is 4.81. The lowest BCUT2D eigenvalue weighted by Crippen LogP contribution is -2.37. The number of aryl methyl sites for hydroxylation is 1. The number of amides is 1. The Labute approximate surface area is 179 Å². The Morgan fingerprint density at radius 3 is 2.73 bits per heavy atom. The minimum atomic E-state index is -0.0276. The topological polar surface area (TPSA) is 67.4 Å². The molecule has 1 N–H and O–H groups in total. The Morgan fingerprint density at radius 1 is 1.17 bits per heavy atom. The molecule has 1 aliphatic heterocycles. The summed E-state index contributed by atoms with van der Waals surface area (Å²) in [6.45, 7) is 10.3. The Bertz CT molecular complexity index is 914. The number of ether oxygens (including phenoxy) is 1. The van der Waals surface area contributed by atoms with Crippen molar-refractivity contribution in [2.75, 3.05) is 37.7 Å². The average molecular weight is 409 g/mol. The molecule has 0 spiro atoms. The molecule has 0 bridgehead atoms.